The number of rotatable bonds is 5. The van der Waals surface area contributed by atoms with Crippen molar-refractivity contribution in [2.45, 2.75) is 51.1 Å². The topological polar surface area (TPSA) is 78.7 Å². The first-order valence-electron chi connectivity index (χ1n) is 9.13. The first-order chi connectivity index (χ1) is 11.1. The van der Waals surface area contributed by atoms with Gasteiger partial charge in [0, 0.05) is 38.1 Å². The summed E-state index contributed by atoms with van der Waals surface area (Å²) in [6.07, 6.45) is 5.43. The van der Waals surface area contributed by atoms with Gasteiger partial charge in [-0.15, -0.1) is 0 Å². The summed E-state index contributed by atoms with van der Waals surface area (Å²) in [6.45, 7) is 5.61. The summed E-state index contributed by atoms with van der Waals surface area (Å²) in [5.74, 6) is 0.907. The van der Waals surface area contributed by atoms with Crippen LogP contribution in [0.2, 0.25) is 0 Å². The van der Waals surface area contributed by atoms with Gasteiger partial charge in [-0.05, 0) is 45.1 Å². The molecule has 0 aromatic rings. The molecule has 3 fully saturated rings. The Balaban J connectivity index is 1.47. The van der Waals surface area contributed by atoms with Crippen LogP contribution in [0.15, 0.2) is 0 Å². The maximum atomic E-state index is 12.7. The molecule has 3 aliphatic rings. The van der Waals surface area contributed by atoms with Crippen molar-refractivity contribution in [3.05, 3.63) is 0 Å². The molecule has 1 unspecified atom stereocenters. The van der Waals surface area contributed by atoms with Gasteiger partial charge in [-0.25, -0.2) is 0 Å². The van der Waals surface area contributed by atoms with Gasteiger partial charge in [-0.1, -0.05) is 6.42 Å². The lowest BCUT2D eigenvalue weighted by Gasteiger charge is -2.39. The monoisotopic (exact) mass is 322 g/mol. The maximum absolute atomic E-state index is 12.7. The van der Waals surface area contributed by atoms with Crippen LogP contribution in [0, 0.1) is 11.8 Å². The number of amides is 2. The smallest absolute Gasteiger partial charge is 0.237 e. The number of nitrogens with zero attached hydrogens (tertiary/aromatic N) is 2. The standard InChI is InChI=1S/C17H30N4O2/c1-12(16(22)19-14-5-6-14)20-7-9-21(10-8-20)17(23)15-4-2-3-13(15)11-18/h12-15H,2-11,18H2,1H3,(H,19,22)/t12?,13-,15-/m1/s1. The fourth-order valence-electron chi connectivity index (χ4n) is 3.92. The second-order valence-electron chi connectivity index (χ2n) is 7.35. The summed E-state index contributed by atoms with van der Waals surface area (Å²) in [5, 5.41) is 3.07. The maximum Gasteiger partial charge on any atom is 0.237 e. The van der Waals surface area contributed by atoms with E-state index >= 15 is 0 Å². The van der Waals surface area contributed by atoms with E-state index in [-0.39, 0.29) is 23.8 Å². The van der Waals surface area contributed by atoms with E-state index in [1.807, 2.05) is 11.8 Å². The van der Waals surface area contributed by atoms with Gasteiger partial charge in [0.2, 0.25) is 11.8 Å². The molecule has 3 atom stereocenters. The van der Waals surface area contributed by atoms with Crippen LogP contribution in [-0.4, -0.2) is 66.4 Å². The molecule has 3 rings (SSSR count). The number of carbonyl (C=O) groups is 2. The summed E-state index contributed by atoms with van der Waals surface area (Å²) < 4.78 is 0. The molecule has 2 saturated carbocycles. The summed E-state index contributed by atoms with van der Waals surface area (Å²) in [5.41, 5.74) is 5.81. The van der Waals surface area contributed by atoms with Crippen LogP contribution >= 0.6 is 0 Å². The van der Waals surface area contributed by atoms with E-state index in [4.69, 9.17) is 5.73 Å². The number of piperazine rings is 1. The minimum atomic E-state index is -0.101. The highest BCUT2D eigenvalue weighted by Crippen LogP contribution is 2.32. The third-order valence-corrected chi connectivity index (χ3v) is 5.76. The molecule has 3 N–H and O–H groups in total. The molecule has 0 aromatic carbocycles. The second-order valence-corrected chi connectivity index (χ2v) is 7.35. The average Bonchev–Trinajstić information content (AvgIpc) is 3.26. The van der Waals surface area contributed by atoms with Crippen LogP contribution in [0.1, 0.15) is 39.0 Å². The Kier molecular flexibility index (Phi) is 5.21. The lowest BCUT2D eigenvalue weighted by Crippen LogP contribution is -2.56. The number of hydrogen-bond donors (Lipinski definition) is 2. The Morgan fingerprint density at radius 1 is 1.13 bits per heavy atom. The van der Waals surface area contributed by atoms with Crippen molar-refractivity contribution in [3.63, 3.8) is 0 Å². The fourth-order valence-corrected chi connectivity index (χ4v) is 3.92. The van der Waals surface area contributed by atoms with Crippen LogP contribution in [0.3, 0.4) is 0 Å². The van der Waals surface area contributed by atoms with Gasteiger partial charge < -0.3 is 16.0 Å². The van der Waals surface area contributed by atoms with Crippen molar-refractivity contribution in [1.29, 1.82) is 0 Å². The van der Waals surface area contributed by atoms with Crippen molar-refractivity contribution in [1.82, 2.24) is 15.1 Å². The summed E-state index contributed by atoms with van der Waals surface area (Å²) in [4.78, 5) is 29.0. The van der Waals surface area contributed by atoms with E-state index in [9.17, 15) is 9.59 Å². The van der Waals surface area contributed by atoms with Gasteiger partial charge in [-0.2, -0.15) is 0 Å². The van der Waals surface area contributed by atoms with Crippen molar-refractivity contribution < 1.29 is 9.59 Å². The molecule has 1 aliphatic heterocycles. The number of carbonyl (C=O) groups excluding carboxylic acids is 2. The van der Waals surface area contributed by atoms with Gasteiger partial charge in [0.1, 0.15) is 0 Å². The van der Waals surface area contributed by atoms with E-state index in [1.165, 1.54) is 0 Å². The van der Waals surface area contributed by atoms with Gasteiger partial charge in [0.25, 0.3) is 0 Å². The quantitative estimate of drug-likeness (QED) is 0.756. The zero-order valence-corrected chi connectivity index (χ0v) is 14.2. The van der Waals surface area contributed by atoms with E-state index in [0.717, 1.165) is 58.3 Å². The molecule has 0 radical (unpaired) electrons. The van der Waals surface area contributed by atoms with Gasteiger partial charge in [0.05, 0.1) is 6.04 Å². The first kappa shape index (κ1) is 16.7. The Labute approximate surface area is 138 Å². The third-order valence-electron chi connectivity index (χ3n) is 5.76. The summed E-state index contributed by atoms with van der Waals surface area (Å²) in [7, 11) is 0. The van der Waals surface area contributed by atoms with Crippen LogP contribution in [0.5, 0.6) is 0 Å². The molecular formula is C17H30N4O2. The second kappa shape index (κ2) is 7.18. The molecule has 2 amide bonds. The lowest BCUT2D eigenvalue weighted by atomic mass is 9.94. The summed E-state index contributed by atoms with van der Waals surface area (Å²) in [6, 6.07) is 0.305. The zero-order chi connectivity index (χ0) is 16.4. The van der Waals surface area contributed by atoms with E-state index in [0.29, 0.717) is 18.5 Å². The first-order valence-corrected chi connectivity index (χ1v) is 9.13. The molecule has 6 heteroatoms. The largest absolute Gasteiger partial charge is 0.352 e. The minimum Gasteiger partial charge on any atom is -0.352 e. The Bertz CT molecular complexity index is 444. The van der Waals surface area contributed by atoms with E-state index < -0.39 is 0 Å². The number of hydrogen-bond acceptors (Lipinski definition) is 4. The highest BCUT2D eigenvalue weighted by molar-refractivity contribution is 5.82. The van der Waals surface area contributed by atoms with Crippen LogP contribution in [0.4, 0.5) is 0 Å². The predicted octanol–water partition coefficient (Wildman–Crippen LogP) is 0.173. The Hall–Kier alpha value is -1.14. The molecule has 23 heavy (non-hydrogen) atoms. The molecule has 0 bridgehead atoms. The summed E-state index contributed by atoms with van der Waals surface area (Å²) >= 11 is 0. The molecule has 1 heterocycles. The van der Waals surface area contributed by atoms with E-state index in [2.05, 4.69) is 10.2 Å². The SMILES string of the molecule is CC(C(=O)NC1CC1)N1CCN(C(=O)[C@@H]2CCC[C@@H]2CN)CC1. The molecule has 130 valence electrons. The van der Waals surface area contributed by atoms with Gasteiger partial charge in [0.15, 0.2) is 0 Å². The fraction of sp³-hybridized carbons (Fsp3) is 0.882. The van der Waals surface area contributed by atoms with Crippen molar-refractivity contribution in [2.24, 2.45) is 17.6 Å². The third kappa shape index (κ3) is 3.86. The van der Waals surface area contributed by atoms with Crippen LogP contribution in [0.25, 0.3) is 0 Å². The normalized spacial score (nSPS) is 30.3. The van der Waals surface area contributed by atoms with Crippen molar-refractivity contribution in [2.75, 3.05) is 32.7 Å². The lowest BCUT2D eigenvalue weighted by molar-refractivity contribution is -0.139. The van der Waals surface area contributed by atoms with Crippen LogP contribution in [-0.2, 0) is 9.59 Å². The number of nitrogens with one attached hydrogen (secondary N) is 1. The number of nitrogens with two attached hydrogens (primary N) is 1. The molecule has 2 aliphatic carbocycles. The molecule has 6 nitrogen and oxygen atoms in total. The predicted molar refractivity (Wildman–Crippen MR) is 88.7 cm³/mol. The van der Waals surface area contributed by atoms with Crippen molar-refractivity contribution >= 4 is 11.8 Å². The molecular weight excluding hydrogens is 292 g/mol. The van der Waals surface area contributed by atoms with Gasteiger partial charge >= 0.3 is 0 Å². The van der Waals surface area contributed by atoms with Crippen molar-refractivity contribution in [3.8, 4) is 0 Å². The molecule has 0 spiro atoms. The Morgan fingerprint density at radius 3 is 2.43 bits per heavy atom. The molecule has 0 aromatic heterocycles. The van der Waals surface area contributed by atoms with Gasteiger partial charge in [-0.3, -0.25) is 14.5 Å². The highest BCUT2D eigenvalue weighted by atomic mass is 16.2. The van der Waals surface area contributed by atoms with Crippen LogP contribution < -0.4 is 11.1 Å². The average molecular weight is 322 g/mol. The van der Waals surface area contributed by atoms with E-state index in [1.54, 1.807) is 0 Å². The minimum absolute atomic E-state index is 0.101. The Morgan fingerprint density at radius 2 is 1.83 bits per heavy atom. The zero-order valence-electron chi connectivity index (χ0n) is 14.2. The highest BCUT2D eigenvalue weighted by Gasteiger charge is 2.36. The molecule has 1 saturated heterocycles.